The standard InChI is InChI=1S/C23H44/c1-6-8-13-22(14-9-7-2)16-15-20(3)17-19-23(5)18-11-10-12-21(23)4/h6,20-22H,1,7-19H2,2-5H3. The third-order valence-electron chi connectivity index (χ3n) is 6.85. The Balaban J connectivity index is 2.30. The van der Waals surface area contributed by atoms with Gasteiger partial charge in [-0.05, 0) is 48.9 Å². The van der Waals surface area contributed by atoms with Gasteiger partial charge in [-0.1, -0.05) is 91.6 Å². The molecule has 136 valence electrons. The third kappa shape index (κ3) is 7.90. The van der Waals surface area contributed by atoms with Crippen molar-refractivity contribution in [2.75, 3.05) is 0 Å². The van der Waals surface area contributed by atoms with Crippen molar-refractivity contribution in [1.82, 2.24) is 0 Å². The Morgan fingerprint density at radius 2 is 1.91 bits per heavy atom. The van der Waals surface area contributed by atoms with Crippen LogP contribution in [0.2, 0.25) is 0 Å². The van der Waals surface area contributed by atoms with Gasteiger partial charge >= 0.3 is 0 Å². The largest absolute Gasteiger partial charge is 0.103 e. The van der Waals surface area contributed by atoms with E-state index in [0.717, 1.165) is 17.8 Å². The second-order valence-electron chi connectivity index (χ2n) is 8.90. The Bertz CT molecular complexity index is 305. The summed E-state index contributed by atoms with van der Waals surface area (Å²) in [7, 11) is 0. The topological polar surface area (TPSA) is 0 Å². The highest BCUT2D eigenvalue weighted by molar-refractivity contribution is 4.84. The van der Waals surface area contributed by atoms with E-state index in [-0.39, 0.29) is 0 Å². The van der Waals surface area contributed by atoms with Crippen LogP contribution in [0.1, 0.15) is 111 Å². The summed E-state index contributed by atoms with van der Waals surface area (Å²) in [4.78, 5) is 0. The number of hydrogen-bond donors (Lipinski definition) is 0. The van der Waals surface area contributed by atoms with Crippen molar-refractivity contribution < 1.29 is 0 Å². The maximum absolute atomic E-state index is 3.90. The Morgan fingerprint density at radius 1 is 1.13 bits per heavy atom. The average molecular weight is 321 g/mol. The van der Waals surface area contributed by atoms with E-state index < -0.39 is 0 Å². The summed E-state index contributed by atoms with van der Waals surface area (Å²) in [5.41, 5.74) is 0.636. The first-order valence-electron chi connectivity index (χ1n) is 10.6. The fraction of sp³-hybridized carbons (Fsp3) is 0.913. The maximum Gasteiger partial charge on any atom is -0.0300 e. The summed E-state index contributed by atoms with van der Waals surface area (Å²) in [5, 5.41) is 0. The molecule has 4 unspecified atom stereocenters. The van der Waals surface area contributed by atoms with Crippen molar-refractivity contribution in [1.29, 1.82) is 0 Å². The summed E-state index contributed by atoms with van der Waals surface area (Å²) in [6.07, 6.45) is 20.5. The van der Waals surface area contributed by atoms with Crippen LogP contribution in [0.3, 0.4) is 0 Å². The van der Waals surface area contributed by atoms with Gasteiger partial charge in [0, 0.05) is 0 Å². The molecule has 0 amide bonds. The first-order valence-corrected chi connectivity index (χ1v) is 10.6. The van der Waals surface area contributed by atoms with E-state index in [2.05, 4.69) is 40.3 Å². The zero-order valence-electron chi connectivity index (χ0n) is 16.7. The molecule has 0 radical (unpaired) electrons. The number of allylic oxidation sites excluding steroid dienone is 1. The van der Waals surface area contributed by atoms with Crippen LogP contribution in [0.15, 0.2) is 12.7 Å². The molecule has 0 bridgehead atoms. The van der Waals surface area contributed by atoms with Gasteiger partial charge in [0.05, 0.1) is 0 Å². The molecule has 1 fully saturated rings. The predicted molar refractivity (Wildman–Crippen MR) is 106 cm³/mol. The van der Waals surface area contributed by atoms with E-state index in [0.29, 0.717) is 5.41 Å². The molecule has 0 heterocycles. The number of unbranched alkanes of at least 4 members (excludes halogenated alkanes) is 1. The summed E-state index contributed by atoms with van der Waals surface area (Å²) in [5.74, 6) is 2.79. The minimum atomic E-state index is 0.636. The first kappa shape index (κ1) is 20.8. The number of rotatable bonds is 12. The quantitative estimate of drug-likeness (QED) is 0.318. The van der Waals surface area contributed by atoms with E-state index in [4.69, 9.17) is 0 Å². The van der Waals surface area contributed by atoms with Gasteiger partial charge in [-0.3, -0.25) is 0 Å². The van der Waals surface area contributed by atoms with Crippen LogP contribution < -0.4 is 0 Å². The van der Waals surface area contributed by atoms with Crippen LogP contribution in [0.4, 0.5) is 0 Å². The van der Waals surface area contributed by atoms with Crippen LogP contribution in [0, 0.1) is 23.2 Å². The van der Waals surface area contributed by atoms with Gasteiger partial charge in [-0.15, -0.1) is 6.58 Å². The van der Waals surface area contributed by atoms with Crippen LogP contribution >= 0.6 is 0 Å². The molecule has 4 atom stereocenters. The lowest BCUT2D eigenvalue weighted by molar-refractivity contribution is 0.107. The molecular weight excluding hydrogens is 276 g/mol. The molecule has 1 saturated carbocycles. The van der Waals surface area contributed by atoms with E-state index in [1.54, 1.807) is 0 Å². The highest BCUT2D eigenvalue weighted by Crippen LogP contribution is 2.45. The molecule has 0 aromatic rings. The molecule has 0 heteroatoms. The smallest absolute Gasteiger partial charge is 0.0300 e. The molecule has 0 aliphatic heterocycles. The molecule has 0 spiro atoms. The normalized spacial score (nSPS) is 27.6. The Morgan fingerprint density at radius 3 is 2.57 bits per heavy atom. The van der Waals surface area contributed by atoms with Gasteiger partial charge in [0.15, 0.2) is 0 Å². The van der Waals surface area contributed by atoms with Crippen molar-refractivity contribution in [3.63, 3.8) is 0 Å². The van der Waals surface area contributed by atoms with Crippen LogP contribution in [0.5, 0.6) is 0 Å². The summed E-state index contributed by atoms with van der Waals surface area (Å²) < 4.78 is 0. The lowest BCUT2D eigenvalue weighted by atomic mass is 9.65. The zero-order valence-corrected chi connectivity index (χ0v) is 16.7. The molecule has 0 aromatic carbocycles. The SMILES string of the molecule is C=CCCC(CCCC)CCC(C)CCC1(C)CCCCC1C. The van der Waals surface area contributed by atoms with Gasteiger partial charge in [-0.25, -0.2) is 0 Å². The van der Waals surface area contributed by atoms with Crippen LogP contribution in [-0.2, 0) is 0 Å². The second-order valence-corrected chi connectivity index (χ2v) is 8.90. The van der Waals surface area contributed by atoms with Gasteiger partial charge in [-0.2, -0.15) is 0 Å². The first-order chi connectivity index (χ1) is 11.0. The summed E-state index contributed by atoms with van der Waals surface area (Å²) >= 11 is 0. The van der Waals surface area contributed by atoms with E-state index in [1.165, 1.54) is 83.5 Å². The van der Waals surface area contributed by atoms with E-state index >= 15 is 0 Å². The molecule has 0 N–H and O–H groups in total. The fourth-order valence-corrected chi connectivity index (χ4v) is 4.47. The minimum absolute atomic E-state index is 0.636. The average Bonchev–Trinajstić information content (AvgIpc) is 2.55. The summed E-state index contributed by atoms with van der Waals surface area (Å²) in [6.45, 7) is 13.8. The van der Waals surface area contributed by atoms with Gasteiger partial charge in [0.25, 0.3) is 0 Å². The van der Waals surface area contributed by atoms with Crippen molar-refractivity contribution in [2.24, 2.45) is 23.2 Å². The lowest BCUT2D eigenvalue weighted by Gasteiger charge is -2.40. The van der Waals surface area contributed by atoms with Crippen molar-refractivity contribution in [2.45, 2.75) is 111 Å². The summed E-state index contributed by atoms with van der Waals surface area (Å²) in [6, 6.07) is 0. The predicted octanol–water partition coefficient (Wildman–Crippen LogP) is 8.17. The maximum atomic E-state index is 3.90. The third-order valence-corrected chi connectivity index (χ3v) is 6.85. The Hall–Kier alpha value is -0.260. The Labute approximate surface area is 147 Å². The highest BCUT2D eigenvalue weighted by atomic mass is 14.4. The van der Waals surface area contributed by atoms with Gasteiger partial charge in [0.2, 0.25) is 0 Å². The van der Waals surface area contributed by atoms with Crippen molar-refractivity contribution >= 4 is 0 Å². The molecule has 0 nitrogen and oxygen atoms in total. The van der Waals surface area contributed by atoms with Gasteiger partial charge in [0.1, 0.15) is 0 Å². The van der Waals surface area contributed by atoms with E-state index in [1.807, 2.05) is 0 Å². The Kier molecular flexibility index (Phi) is 10.2. The van der Waals surface area contributed by atoms with Crippen molar-refractivity contribution in [3.05, 3.63) is 12.7 Å². The minimum Gasteiger partial charge on any atom is -0.103 e. The van der Waals surface area contributed by atoms with Crippen molar-refractivity contribution in [3.8, 4) is 0 Å². The molecule has 1 rings (SSSR count). The zero-order chi connectivity index (χ0) is 17.1. The molecule has 0 saturated heterocycles. The number of hydrogen-bond acceptors (Lipinski definition) is 0. The van der Waals surface area contributed by atoms with Gasteiger partial charge < -0.3 is 0 Å². The second kappa shape index (κ2) is 11.3. The highest BCUT2D eigenvalue weighted by Gasteiger charge is 2.33. The lowest BCUT2D eigenvalue weighted by Crippen LogP contribution is -2.29. The molecular formula is C23H44. The van der Waals surface area contributed by atoms with Crippen LogP contribution in [0.25, 0.3) is 0 Å². The molecule has 23 heavy (non-hydrogen) atoms. The molecule has 1 aliphatic rings. The van der Waals surface area contributed by atoms with E-state index in [9.17, 15) is 0 Å². The molecule has 0 aromatic heterocycles. The fourth-order valence-electron chi connectivity index (χ4n) is 4.47. The van der Waals surface area contributed by atoms with Crippen LogP contribution in [-0.4, -0.2) is 0 Å². The molecule has 1 aliphatic carbocycles. The monoisotopic (exact) mass is 320 g/mol.